The molecule has 28 heavy (non-hydrogen) atoms. The number of hydrogen-bond donors (Lipinski definition) is 1. The average Bonchev–Trinajstić information content (AvgIpc) is 3.15. The third kappa shape index (κ3) is 3.96. The van der Waals surface area contributed by atoms with Crippen molar-refractivity contribution in [1.82, 2.24) is 0 Å². The summed E-state index contributed by atoms with van der Waals surface area (Å²) in [6.45, 7) is 13.8. The van der Waals surface area contributed by atoms with Crippen molar-refractivity contribution in [3.63, 3.8) is 0 Å². The summed E-state index contributed by atoms with van der Waals surface area (Å²) < 4.78 is 11.6. The Morgan fingerprint density at radius 3 is 1.71 bits per heavy atom. The highest BCUT2D eigenvalue weighted by atomic mass is 16.6. The van der Waals surface area contributed by atoms with Gasteiger partial charge in [0.2, 0.25) is 0 Å². The fraction of sp³-hybridized carbons (Fsp3) is 0.773. The predicted octanol–water partition coefficient (Wildman–Crippen LogP) is 3.84. The van der Waals surface area contributed by atoms with Crippen molar-refractivity contribution in [2.45, 2.75) is 73.0 Å². The van der Waals surface area contributed by atoms with Crippen molar-refractivity contribution < 1.29 is 29.0 Å². The molecule has 0 radical (unpaired) electrons. The van der Waals surface area contributed by atoms with Gasteiger partial charge in [-0.3, -0.25) is 14.4 Å². The maximum absolute atomic E-state index is 12.6. The minimum atomic E-state index is -1.63. The Hall–Kier alpha value is -1.85. The molecule has 0 aromatic heterocycles. The van der Waals surface area contributed by atoms with Gasteiger partial charge < -0.3 is 14.6 Å². The van der Waals surface area contributed by atoms with Gasteiger partial charge in [-0.2, -0.15) is 0 Å². The molecule has 0 saturated heterocycles. The number of carbonyl (C=O) groups is 3. The summed E-state index contributed by atoms with van der Waals surface area (Å²) in [4.78, 5) is 36.3. The third-order valence-electron chi connectivity index (χ3n) is 6.30. The molecule has 6 heteroatoms. The average molecular weight is 395 g/mol. The number of esters is 2. The number of ether oxygens (including phenoxy) is 2. The molecule has 0 aromatic rings. The highest BCUT2D eigenvalue weighted by Gasteiger charge is 2.59. The number of rotatable bonds is 7. The topological polar surface area (TPSA) is 89.9 Å². The van der Waals surface area contributed by atoms with Crippen LogP contribution in [-0.2, 0) is 23.9 Å². The Kier molecular flexibility index (Phi) is 5.77. The van der Waals surface area contributed by atoms with Crippen LogP contribution in [-0.4, -0.2) is 34.2 Å². The van der Waals surface area contributed by atoms with Gasteiger partial charge in [-0.05, 0) is 59.8 Å². The van der Waals surface area contributed by atoms with E-state index in [1.807, 2.05) is 27.7 Å². The summed E-state index contributed by atoms with van der Waals surface area (Å²) in [5, 5.41) is 9.34. The molecule has 0 aromatic carbocycles. The predicted molar refractivity (Wildman–Crippen MR) is 104 cm³/mol. The minimum Gasteiger partial charge on any atom is -0.480 e. The molecule has 2 bridgehead atoms. The third-order valence-corrected chi connectivity index (χ3v) is 6.30. The Morgan fingerprint density at radius 2 is 1.32 bits per heavy atom. The van der Waals surface area contributed by atoms with Crippen molar-refractivity contribution in [3.05, 3.63) is 12.2 Å². The molecule has 2 rings (SSSR count). The highest BCUT2D eigenvalue weighted by Crippen LogP contribution is 2.57. The first-order chi connectivity index (χ1) is 12.6. The van der Waals surface area contributed by atoms with E-state index in [2.05, 4.69) is 12.2 Å². The first-order valence-corrected chi connectivity index (χ1v) is 9.99. The quantitative estimate of drug-likeness (QED) is 0.401. The normalized spacial score (nSPS) is 27.2. The van der Waals surface area contributed by atoms with Gasteiger partial charge in [0.05, 0.1) is 5.92 Å². The first-order valence-electron chi connectivity index (χ1n) is 9.99. The summed E-state index contributed by atoms with van der Waals surface area (Å²) in [5.41, 5.74) is -3.26. The molecule has 0 aliphatic heterocycles. The maximum Gasteiger partial charge on any atom is 0.323 e. The van der Waals surface area contributed by atoms with Crippen LogP contribution in [0.4, 0.5) is 0 Å². The number of hydrogen-bond acceptors (Lipinski definition) is 5. The first kappa shape index (κ1) is 22.4. The standard InChI is InChI=1S/C22H34O6/c1-12(2)17(23)27-21(5,6)15-13-9-10-14(11-13)16(15)22(7,8)28-19(26)20(3,4)18(24)25/h9-10,12-16H,11H2,1-8H3,(H,24,25). The molecule has 4 unspecified atom stereocenters. The number of carboxylic acids is 1. The lowest BCUT2D eigenvalue weighted by Crippen LogP contribution is -2.52. The molecule has 1 N–H and O–H groups in total. The zero-order chi connectivity index (χ0) is 21.7. The van der Waals surface area contributed by atoms with Crippen molar-refractivity contribution in [1.29, 1.82) is 0 Å². The lowest BCUT2D eigenvalue weighted by atomic mass is 9.67. The zero-order valence-corrected chi connectivity index (χ0v) is 18.2. The molecule has 0 spiro atoms. The summed E-state index contributed by atoms with van der Waals surface area (Å²) in [5.74, 6) is -2.13. The van der Waals surface area contributed by atoms with E-state index in [0.29, 0.717) is 0 Å². The second-order valence-corrected chi connectivity index (χ2v) is 10.1. The van der Waals surface area contributed by atoms with Crippen LogP contribution in [0.3, 0.4) is 0 Å². The number of aliphatic carboxylic acids is 1. The second kappa shape index (κ2) is 7.20. The van der Waals surface area contributed by atoms with Gasteiger partial charge in [0, 0.05) is 11.8 Å². The lowest BCUT2D eigenvalue weighted by Gasteiger charge is -2.46. The molecule has 6 nitrogen and oxygen atoms in total. The van der Waals surface area contributed by atoms with Crippen LogP contribution < -0.4 is 0 Å². The number of carbonyl (C=O) groups excluding carboxylic acids is 2. The molecular weight excluding hydrogens is 360 g/mol. The van der Waals surface area contributed by atoms with Gasteiger partial charge in [0.15, 0.2) is 5.41 Å². The maximum atomic E-state index is 12.6. The summed E-state index contributed by atoms with van der Waals surface area (Å²) in [7, 11) is 0. The second-order valence-electron chi connectivity index (χ2n) is 10.1. The van der Waals surface area contributed by atoms with Gasteiger partial charge >= 0.3 is 17.9 Å². The van der Waals surface area contributed by atoms with Gasteiger partial charge in [-0.25, -0.2) is 0 Å². The largest absolute Gasteiger partial charge is 0.480 e. The van der Waals surface area contributed by atoms with Crippen LogP contribution in [0, 0.1) is 35.0 Å². The molecule has 2 aliphatic carbocycles. The van der Waals surface area contributed by atoms with Crippen molar-refractivity contribution >= 4 is 17.9 Å². The van der Waals surface area contributed by atoms with E-state index in [0.717, 1.165) is 6.42 Å². The lowest BCUT2D eigenvalue weighted by molar-refractivity contribution is -0.191. The highest BCUT2D eigenvalue weighted by molar-refractivity contribution is 5.98. The molecule has 0 amide bonds. The molecule has 1 fully saturated rings. The van der Waals surface area contributed by atoms with E-state index in [-0.39, 0.29) is 35.6 Å². The molecule has 1 saturated carbocycles. The minimum absolute atomic E-state index is 0.0269. The number of carboxylic acid groups (broad SMARTS) is 1. The van der Waals surface area contributed by atoms with Crippen LogP contribution in [0.5, 0.6) is 0 Å². The molecule has 158 valence electrons. The van der Waals surface area contributed by atoms with Gasteiger partial charge in [0.25, 0.3) is 0 Å². The molecule has 2 aliphatic rings. The Balaban J connectivity index is 2.31. The van der Waals surface area contributed by atoms with Crippen molar-refractivity contribution in [2.75, 3.05) is 0 Å². The zero-order valence-electron chi connectivity index (χ0n) is 18.2. The number of allylic oxidation sites excluding steroid dienone is 2. The van der Waals surface area contributed by atoms with E-state index < -0.39 is 28.6 Å². The van der Waals surface area contributed by atoms with Crippen molar-refractivity contribution in [3.8, 4) is 0 Å². The molecular formula is C22H34O6. The Labute approximate surface area is 167 Å². The summed E-state index contributed by atoms with van der Waals surface area (Å²) >= 11 is 0. The summed E-state index contributed by atoms with van der Waals surface area (Å²) in [6.07, 6.45) is 5.22. The van der Waals surface area contributed by atoms with Crippen LogP contribution in [0.2, 0.25) is 0 Å². The fourth-order valence-electron chi connectivity index (χ4n) is 4.69. The fourth-order valence-corrected chi connectivity index (χ4v) is 4.69. The Morgan fingerprint density at radius 1 is 0.893 bits per heavy atom. The molecule has 0 heterocycles. The Bertz CT molecular complexity index is 685. The van der Waals surface area contributed by atoms with Crippen LogP contribution in [0.25, 0.3) is 0 Å². The van der Waals surface area contributed by atoms with Crippen LogP contribution in [0.1, 0.15) is 61.8 Å². The van der Waals surface area contributed by atoms with Gasteiger partial charge in [0.1, 0.15) is 11.2 Å². The monoisotopic (exact) mass is 394 g/mol. The van der Waals surface area contributed by atoms with E-state index in [9.17, 15) is 19.5 Å². The van der Waals surface area contributed by atoms with E-state index in [1.165, 1.54) is 13.8 Å². The molecule has 4 atom stereocenters. The van der Waals surface area contributed by atoms with E-state index >= 15 is 0 Å². The van der Waals surface area contributed by atoms with Gasteiger partial charge in [-0.1, -0.05) is 26.0 Å². The van der Waals surface area contributed by atoms with Gasteiger partial charge in [-0.15, -0.1) is 0 Å². The summed E-state index contributed by atoms with van der Waals surface area (Å²) in [6, 6.07) is 0. The SMILES string of the molecule is CC(C)C(=O)OC(C)(C)C1C2C=CC(C2)C1C(C)(C)OC(=O)C(C)(C)C(=O)O. The number of fused-ring (bicyclic) bond motifs is 2. The van der Waals surface area contributed by atoms with E-state index in [4.69, 9.17) is 9.47 Å². The smallest absolute Gasteiger partial charge is 0.323 e. The van der Waals surface area contributed by atoms with Crippen LogP contribution >= 0.6 is 0 Å². The van der Waals surface area contributed by atoms with E-state index in [1.54, 1.807) is 13.8 Å². The van der Waals surface area contributed by atoms with Crippen molar-refractivity contribution in [2.24, 2.45) is 35.0 Å². The van der Waals surface area contributed by atoms with Crippen LogP contribution in [0.15, 0.2) is 12.2 Å².